The number of nitrogens with one attached hydrogen (secondary N) is 1. The Kier molecular flexibility index (Phi) is 8.88. The second-order valence-electron chi connectivity index (χ2n) is 6.49. The van der Waals surface area contributed by atoms with E-state index in [4.69, 9.17) is 9.47 Å². The van der Waals surface area contributed by atoms with Gasteiger partial charge in [0.25, 0.3) is 0 Å². The summed E-state index contributed by atoms with van der Waals surface area (Å²) in [6.45, 7) is 13.9. The van der Waals surface area contributed by atoms with Crippen molar-refractivity contribution >= 4 is 5.91 Å². The van der Waals surface area contributed by atoms with Gasteiger partial charge in [0.2, 0.25) is 5.91 Å². The molecular weight excluding hydrogens is 268 g/mol. The normalized spacial score (nSPS) is 20.2. The van der Waals surface area contributed by atoms with Crippen molar-refractivity contribution in [2.24, 2.45) is 11.8 Å². The third-order valence-corrected chi connectivity index (χ3v) is 3.64. The SMILES string of the molecule is CC(C)CCOCCN1CCOC(CNC(=O)C(C)C)C1. The van der Waals surface area contributed by atoms with Crippen LogP contribution < -0.4 is 5.32 Å². The van der Waals surface area contributed by atoms with E-state index >= 15 is 0 Å². The summed E-state index contributed by atoms with van der Waals surface area (Å²) in [7, 11) is 0. The Morgan fingerprint density at radius 3 is 2.76 bits per heavy atom. The number of carbonyl (C=O) groups excluding carboxylic acids is 1. The first-order chi connectivity index (χ1) is 9.99. The van der Waals surface area contributed by atoms with Crippen LogP contribution in [0.2, 0.25) is 0 Å². The third-order valence-electron chi connectivity index (χ3n) is 3.64. The molecule has 0 aromatic carbocycles. The molecule has 1 unspecified atom stereocenters. The molecule has 1 aliphatic heterocycles. The summed E-state index contributed by atoms with van der Waals surface area (Å²) in [4.78, 5) is 13.9. The van der Waals surface area contributed by atoms with Crippen molar-refractivity contribution in [2.75, 3.05) is 46.0 Å². The molecule has 1 atom stereocenters. The fourth-order valence-corrected chi connectivity index (χ4v) is 2.14. The highest BCUT2D eigenvalue weighted by Crippen LogP contribution is 2.05. The Labute approximate surface area is 129 Å². The molecule has 5 nitrogen and oxygen atoms in total. The molecule has 1 heterocycles. The number of nitrogens with zero attached hydrogens (tertiary/aromatic N) is 1. The highest BCUT2D eigenvalue weighted by atomic mass is 16.5. The zero-order valence-corrected chi connectivity index (χ0v) is 14.1. The first-order valence-corrected chi connectivity index (χ1v) is 8.18. The van der Waals surface area contributed by atoms with E-state index in [1.54, 1.807) is 0 Å². The molecule has 0 aromatic rings. The summed E-state index contributed by atoms with van der Waals surface area (Å²) >= 11 is 0. The van der Waals surface area contributed by atoms with Crippen molar-refractivity contribution in [2.45, 2.75) is 40.2 Å². The van der Waals surface area contributed by atoms with Crippen LogP contribution in [0.1, 0.15) is 34.1 Å². The molecule has 5 heteroatoms. The van der Waals surface area contributed by atoms with Gasteiger partial charge in [-0.15, -0.1) is 0 Å². The maximum absolute atomic E-state index is 11.6. The molecule has 1 aliphatic rings. The molecule has 21 heavy (non-hydrogen) atoms. The van der Waals surface area contributed by atoms with E-state index in [0.717, 1.165) is 45.9 Å². The van der Waals surface area contributed by atoms with E-state index in [1.165, 1.54) is 0 Å². The van der Waals surface area contributed by atoms with Crippen LogP contribution in [0.15, 0.2) is 0 Å². The lowest BCUT2D eigenvalue weighted by molar-refractivity contribution is -0.125. The maximum atomic E-state index is 11.6. The topological polar surface area (TPSA) is 50.8 Å². The summed E-state index contributed by atoms with van der Waals surface area (Å²) < 4.78 is 11.4. The van der Waals surface area contributed by atoms with Crippen LogP contribution >= 0.6 is 0 Å². The van der Waals surface area contributed by atoms with Gasteiger partial charge < -0.3 is 14.8 Å². The minimum Gasteiger partial charge on any atom is -0.380 e. The lowest BCUT2D eigenvalue weighted by atomic mass is 10.1. The molecule has 0 aromatic heterocycles. The highest BCUT2D eigenvalue weighted by Gasteiger charge is 2.21. The van der Waals surface area contributed by atoms with Crippen molar-refractivity contribution in [3.63, 3.8) is 0 Å². The predicted octanol–water partition coefficient (Wildman–Crippen LogP) is 1.52. The highest BCUT2D eigenvalue weighted by molar-refractivity contribution is 5.77. The lowest BCUT2D eigenvalue weighted by Gasteiger charge is -2.33. The molecule has 0 bridgehead atoms. The minimum atomic E-state index is 0.0269. The van der Waals surface area contributed by atoms with Gasteiger partial charge in [-0.05, 0) is 12.3 Å². The first-order valence-electron chi connectivity index (χ1n) is 8.18. The number of ether oxygens (including phenoxy) is 2. The number of rotatable bonds is 9. The molecule has 1 amide bonds. The van der Waals surface area contributed by atoms with Gasteiger partial charge in [-0.3, -0.25) is 9.69 Å². The zero-order chi connectivity index (χ0) is 15.7. The second kappa shape index (κ2) is 10.1. The smallest absolute Gasteiger partial charge is 0.222 e. The van der Waals surface area contributed by atoms with E-state index in [0.29, 0.717) is 12.5 Å². The van der Waals surface area contributed by atoms with Crippen molar-refractivity contribution in [3.8, 4) is 0 Å². The Hall–Kier alpha value is -0.650. The summed E-state index contributed by atoms with van der Waals surface area (Å²) in [5.41, 5.74) is 0. The predicted molar refractivity (Wildman–Crippen MR) is 84.3 cm³/mol. The van der Waals surface area contributed by atoms with E-state index in [9.17, 15) is 4.79 Å². The third kappa shape index (κ3) is 8.39. The van der Waals surface area contributed by atoms with Gasteiger partial charge in [-0.25, -0.2) is 0 Å². The molecule has 1 N–H and O–H groups in total. The Morgan fingerprint density at radius 2 is 2.10 bits per heavy atom. The molecule has 124 valence electrons. The molecule has 0 radical (unpaired) electrons. The van der Waals surface area contributed by atoms with Crippen molar-refractivity contribution < 1.29 is 14.3 Å². The number of morpholine rings is 1. The van der Waals surface area contributed by atoms with Crippen LogP contribution in [0.3, 0.4) is 0 Å². The van der Waals surface area contributed by atoms with Crippen LogP contribution in [-0.4, -0.2) is 62.9 Å². The minimum absolute atomic E-state index is 0.0269. The zero-order valence-electron chi connectivity index (χ0n) is 14.1. The van der Waals surface area contributed by atoms with E-state index < -0.39 is 0 Å². The number of carbonyl (C=O) groups is 1. The van der Waals surface area contributed by atoms with Crippen LogP contribution in [0.5, 0.6) is 0 Å². The average Bonchev–Trinajstić information content (AvgIpc) is 2.44. The van der Waals surface area contributed by atoms with E-state index in [1.807, 2.05) is 13.8 Å². The maximum Gasteiger partial charge on any atom is 0.222 e. The first kappa shape index (κ1) is 18.4. The summed E-state index contributed by atoms with van der Waals surface area (Å²) in [5, 5.41) is 2.94. The van der Waals surface area contributed by atoms with Crippen LogP contribution in [0, 0.1) is 11.8 Å². The fourth-order valence-electron chi connectivity index (χ4n) is 2.14. The Balaban J connectivity index is 2.12. The van der Waals surface area contributed by atoms with Crippen molar-refractivity contribution in [1.82, 2.24) is 10.2 Å². The van der Waals surface area contributed by atoms with Gasteiger partial charge in [-0.2, -0.15) is 0 Å². The molecule has 1 fully saturated rings. The fraction of sp³-hybridized carbons (Fsp3) is 0.938. The standard InChI is InChI=1S/C16H32N2O3/c1-13(2)5-8-20-9-6-18-7-10-21-15(12-18)11-17-16(19)14(3)4/h13-15H,5-12H2,1-4H3,(H,17,19). The van der Waals surface area contributed by atoms with Gasteiger partial charge in [-0.1, -0.05) is 27.7 Å². The van der Waals surface area contributed by atoms with Crippen LogP contribution in [0.4, 0.5) is 0 Å². The van der Waals surface area contributed by atoms with Crippen LogP contribution in [0.25, 0.3) is 0 Å². The summed E-state index contributed by atoms with van der Waals surface area (Å²) in [5.74, 6) is 0.814. The summed E-state index contributed by atoms with van der Waals surface area (Å²) in [6, 6.07) is 0. The molecular formula is C16H32N2O3. The van der Waals surface area contributed by atoms with Gasteiger partial charge in [0, 0.05) is 38.7 Å². The molecule has 0 saturated carbocycles. The van der Waals surface area contributed by atoms with Crippen LogP contribution in [-0.2, 0) is 14.3 Å². The molecule has 1 rings (SSSR count). The van der Waals surface area contributed by atoms with Crippen molar-refractivity contribution in [1.29, 1.82) is 0 Å². The van der Waals surface area contributed by atoms with Gasteiger partial charge >= 0.3 is 0 Å². The number of amides is 1. The van der Waals surface area contributed by atoms with Crippen molar-refractivity contribution in [3.05, 3.63) is 0 Å². The number of hydrogen-bond acceptors (Lipinski definition) is 4. The van der Waals surface area contributed by atoms with E-state index in [-0.39, 0.29) is 17.9 Å². The molecule has 1 saturated heterocycles. The largest absolute Gasteiger partial charge is 0.380 e. The quantitative estimate of drug-likeness (QED) is 0.656. The summed E-state index contributed by atoms with van der Waals surface area (Å²) in [6.07, 6.45) is 1.21. The molecule has 0 spiro atoms. The Morgan fingerprint density at radius 1 is 1.33 bits per heavy atom. The Bertz CT molecular complexity index is 295. The number of hydrogen-bond donors (Lipinski definition) is 1. The van der Waals surface area contributed by atoms with Gasteiger partial charge in [0.15, 0.2) is 0 Å². The van der Waals surface area contributed by atoms with E-state index in [2.05, 4.69) is 24.1 Å². The van der Waals surface area contributed by atoms with Gasteiger partial charge in [0.1, 0.15) is 0 Å². The second-order valence-corrected chi connectivity index (χ2v) is 6.49. The average molecular weight is 300 g/mol. The monoisotopic (exact) mass is 300 g/mol. The lowest BCUT2D eigenvalue weighted by Crippen LogP contribution is -2.48. The molecule has 0 aliphatic carbocycles. The van der Waals surface area contributed by atoms with Gasteiger partial charge in [0.05, 0.1) is 19.3 Å².